The molecule has 0 radical (unpaired) electrons. The number of alkyl halides is 6. The third-order valence-corrected chi connectivity index (χ3v) is 3.34. The zero-order valence-corrected chi connectivity index (χ0v) is 11.1. The highest BCUT2D eigenvalue weighted by Gasteiger charge is 2.45. The Kier molecular flexibility index (Phi) is 3.43. The molecular weight excluding hydrogens is 374 g/mol. The van der Waals surface area contributed by atoms with Crippen LogP contribution >= 0.6 is 15.9 Å². The highest BCUT2D eigenvalue weighted by Crippen LogP contribution is 2.45. The molecule has 0 saturated carbocycles. The molecule has 1 aromatic heterocycles. The van der Waals surface area contributed by atoms with E-state index in [1.165, 1.54) is 0 Å². The van der Waals surface area contributed by atoms with Gasteiger partial charge in [-0.25, -0.2) is 0 Å². The van der Waals surface area contributed by atoms with Gasteiger partial charge in [-0.3, -0.25) is 9.59 Å². The summed E-state index contributed by atoms with van der Waals surface area (Å²) in [5.74, 6) is 0. The second-order valence-electron chi connectivity index (χ2n) is 3.94. The summed E-state index contributed by atoms with van der Waals surface area (Å²) in [5.41, 5.74) is -7.67. The summed E-state index contributed by atoms with van der Waals surface area (Å²) >= 11 is 2.41. The summed E-state index contributed by atoms with van der Waals surface area (Å²) in [6, 6.07) is 0.125. The van der Waals surface area contributed by atoms with Crippen molar-refractivity contribution in [3.63, 3.8) is 0 Å². The largest absolute Gasteiger partial charge is 0.418 e. The minimum Gasteiger partial charge on any atom is -0.316 e. The van der Waals surface area contributed by atoms with Crippen molar-refractivity contribution in [1.82, 2.24) is 9.97 Å². The van der Waals surface area contributed by atoms with Crippen molar-refractivity contribution >= 4 is 27.0 Å². The summed E-state index contributed by atoms with van der Waals surface area (Å²) in [6.07, 6.45) is -10.6. The molecule has 0 unspecified atom stereocenters. The molecule has 0 aliphatic rings. The van der Waals surface area contributed by atoms with Crippen molar-refractivity contribution in [2.75, 3.05) is 0 Å². The fraction of sp³-hybridized carbons (Fsp3) is 0.200. The molecule has 0 saturated heterocycles. The predicted molar refractivity (Wildman–Crippen MR) is 62.9 cm³/mol. The van der Waals surface area contributed by atoms with Crippen molar-refractivity contribution in [1.29, 1.82) is 0 Å². The van der Waals surface area contributed by atoms with Gasteiger partial charge in [0.25, 0.3) is 0 Å². The van der Waals surface area contributed by atoms with Gasteiger partial charge in [-0.1, -0.05) is 0 Å². The number of rotatable bonds is 0. The Bertz CT molecular complexity index is 833. The molecule has 0 spiro atoms. The van der Waals surface area contributed by atoms with Gasteiger partial charge in [0, 0.05) is 0 Å². The molecule has 1 heterocycles. The van der Waals surface area contributed by atoms with Crippen LogP contribution in [0.15, 0.2) is 20.1 Å². The van der Waals surface area contributed by atoms with Gasteiger partial charge >= 0.3 is 23.5 Å². The van der Waals surface area contributed by atoms with E-state index in [2.05, 4.69) is 15.9 Å². The number of halogens is 7. The van der Waals surface area contributed by atoms with Crippen molar-refractivity contribution in [3.8, 4) is 0 Å². The third-order valence-electron chi connectivity index (χ3n) is 2.55. The molecule has 0 aliphatic heterocycles. The van der Waals surface area contributed by atoms with Gasteiger partial charge in [-0.05, 0) is 22.0 Å². The second kappa shape index (κ2) is 4.61. The highest BCUT2D eigenvalue weighted by molar-refractivity contribution is 9.10. The average molecular weight is 377 g/mol. The van der Waals surface area contributed by atoms with E-state index in [4.69, 9.17) is 0 Å². The molecule has 2 N–H and O–H groups in total. The van der Waals surface area contributed by atoms with E-state index in [0.717, 1.165) is 0 Å². The van der Waals surface area contributed by atoms with Crippen molar-refractivity contribution in [2.45, 2.75) is 12.4 Å². The Morgan fingerprint density at radius 1 is 0.905 bits per heavy atom. The number of aromatic amines is 2. The van der Waals surface area contributed by atoms with Gasteiger partial charge in [0.15, 0.2) is 0 Å². The first-order valence-corrected chi connectivity index (χ1v) is 5.85. The SMILES string of the molecule is O=c1[nH]c2cc(C(F)(F)F)c(C(F)(F)F)c(Br)c2[nH]c1=O. The quantitative estimate of drug-likeness (QED) is 0.548. The molecule has 114 valence electrons. The minimum atomic E-state index is -5.31. The minimum absolute atomic E-state index is 0.125. The van der Waals surface area contributed by atoms with Gasteiger partial charge < -0.3 is 9.97 Å². The summed E-state index contributed by atoms with van der Waals surface area (Å²) in [5, 5.41) is 0. The van der Waals surface area contributed by atoms with Crippen LogP contribution < -0.4 is 11.1 Å². The highest BCUT2D eigenvalue weighted by atomic mass is 79.9. The first kappa shape index (κ1) is 15.6. The molecular formula is C10H3BrF6N2O2. The van der Waals surface area contributed by atoms with Crippen LogP contribution in [0.25, 0.3) is 11.0 Å². The van der Waals surface area contributed by atoms with Crippen LogP contribution in [0.1, 0.15) is 11.1 Å². The standard InChI is InChI=1S/C10H3BrF6N2O2/c11-5-4(10(15,16)17)2(9(12,13)14)1-3-6(5)19-8(21)7(20)18-3/h1H,(H,18,20)(H,19,21). The zero-order chi connectivity index (χ0) is 16.2. The van der Waals surface area contributed by atoms with E-state index in [9.17, 15) is 35.9 Å². The van der Waals surface area contributed by atoms with E-state index in [1.54, 1.807) is 9.97 Å². The molecule has 0 aliphatic carbocycles. The van der Waals surface area contributed by atoms with Gasteiger partial charge in [0.2, 0.25) is 0 Å². The Labute approximate surface area is 118 Å². The smallest absolute Gasteiger partial charge is 0.316 e. The maximum atomic E-state index is 12.9. The van der Waals surface area contributed by atoms with E-state index in [-0.39, 0.29) is 6.07 Å². The van der Waals surface area contributed by atoms with Crippen molar-refractivity contribution in [3.05, 3.63) is 42.4 Å². The van der Waals surface area contributed by atoms with E-state index < -0.39 is 50.1 Å². The van der Waals surface area contributed by atoms with Crippen molar-refractivity contribution < 1.29 is 26.3 Å². The number of H-pyrrole nitrogens is 2. The molecule has 0 atom stereocenters. The lowest BCUT2D eigenvalue weighted by atomic mass is 10.0. The van der Waals surface area contributed by atoms with Gasteiger partial charge in [0.05, 0.1) is 26.6 Å². The molecule has 0 bridgehead atoms. The Hall–Kier alpha value is -1.78. The first-order chi connectivity index (χ1) is 9.43. The number of benzene rings is 1. The number of nitrogens with one attached hydrogen (secondary N) is 2. The molecule has 0 amide bonds. The van der Waals surface area contributed by atoms with Crippen molar-refractivity contribution in [2.24, 2.45) is 0 Å². The zero-order valence-electron chi connectivity index (χ0n) is 9.54. The molecule has 2 aromatic rings. The van der Waals surface area contributed by atoms with Gasteiger partial charge in [-0.2, -0.15) is 26.3 Å². The number of hydrogen-bond donors (Lipinski definition) is 2. The number of fused-ring (bicyclic) bond motifs is 1. The van der Waals surface area contributed by atoms with Crippen LogP contribution in [-0.2, 0) is 12.4 Å². The fourth-order valence-corrected chi connectivity index (χ4v) is 2.47. The van der Waals surface area contributed by atoms with Gasteiger partial charge in [0.1, 0.15) is 0 Å². The Balaban J connectivity index is 3.06. The Morgan fingerprint density at radius 3 is 1.90 bits per heavy atom. The lowest BCUT2D eigenvalue weighted by Crippen LogP contribution is -2.29. The average Bonchev–Trinajstić information content (AvgIpc) is 2.28. The normalized spacial score (nSPS) is 12.9. The molecule has 4 nitrogen and oxygen atoms in total. The molecule has 1 aromatic carbocycles. The molecule has 11 heteroatoms. The Morgan fingerprint density at radius 2 is 1.43 bits per heavy atom. The van der Waals surface area contributed by atoms with E-state index in [0.29, 0.717) is 0 Å². The van der Waals surface area contributed by atoms with Crippen LogP contribution in [0.3, 0.4) is 0 Å². The first-order valence-electron chi connectivity index (χ1n) is 5.06. The monoisotopic (exact) mass is 376 g/mol. The fourth-order valence-electron chi connectivity index (χ4n) is 1.72. The van der Waals surface area contributed by atoms with Crippen LogP contribution in [0, 0.1) is 0 Å². The van der Waals surface area contributed by atoms with Gasteiger partial charge in [-0.15, -0.1) is 0 Å². The van der Waals surface area contributed by atoms with Crippen LogP contribution in [0.2, 0.25) is 0 Å². The van der Waals surface area contributed by atoms with Crippen LogP contribution in [-0.4, -0.2) is 9.97 Å². The second-order valence-corrected chi connectivity index (χ2v) is 4.73. The maximum Gasteiger partial charge on any atom is 0.418 e. The summed E-state index contributed by atoms with van der Waals surface area (Å²) in [7, 11) is 0. The molecule has 2 rings (SSSR count). The third kappa shape index (κ3) is 2.69. The predicted octanol–water partition coefficient (Wildman–Crippen LogP) is 3.02. The van der Waals surface area contributed by atoms with Crippen LogP contribution in [0.4, 0.5) is 26.3 Å². The summed E-state index contributed by atoms with van der Waals surface area (Å²) in [4.78, 5) is 25.8. The summed E-state index contributed by atoms with van der Waals surface area (Å²) in [6.45, 7) is 0. The van der Waals surface area contributed by atoms with E-state index in [1.807, 2.05) is 0 Å². The topological polar surface area (TPSA) is 65.7 Å². The summed E-state index contributed by atoms with van der Waals surface area (Å²) < 4.78 is 75.9. The van der Waals surface area contributed by atoms with E-state index >= 15 is 0 Å². The number of hydrogen-bond acceptors (Lipinski definition) is 2. The lowest BCUT2D eigenvalue weighted by molar-refractivity contribution is -0.162. The molecule has 21 heavy (non-hydrogen) atoms. The lowest BCUT2D eigenvalue weighted by Gasteiger charge is -2.18. The number of aromatic nitrogens is 2. The maximum absolute atomic E-state index is 12.9. The molecule has 0 fully saturated rings. The van der Waals surface area contributed by atoms with Crippen LogP contribution in [0.5, 0.6) is 0 Å².